The second-order valence-electron chi connectivity index (χ2n) is 5.48. The lowest BCUT2D eigenvalue weighted by Crippen LogP contribution is -2.20. The Morgan fingerprint density at radius 3 is 2.26 bits per heavy atom. The zero-order valence-corrected chi connectivity index (χ0v) is 11.5. The monoisotopic (exact) mass is 255 g/mol. The lowest BCUT2D eigenvalue weighted by molar-refractivity contribution is 0.617. The molecular formula is C16H21N3. The zero-order valence-electron chi connectivity index (χ0n) is 11.5. The van der Waals surface area contributed by atoms with Crippen LogP contribution in [0, 0.1) is 6.92 Å². The van der Waals surface area contributed by atoms with Crippen molar-refractivity contribution < 1.29 is 0 Å². The summed E-state index contributed by atoms with van der Waals surface area (Å²) in [6.07, 6.45) is 7.93. The van der Waals surface area contributed by atoms with E-state index in [0.29, 0.717) is 6.04 Å². The van der Waals surface area contributed by atoms with Crippen LogP contribution in [0.4, 0.5) is 5.82 Å². The van der Waals surface area contributed by atoms with E-state index in [1.165, 1.54) is 38.5 Å². The molecule has 100 valence electrons. The molecule has 1 aromatic heterocycles. The van der Waals surface area contributed by atoms with E-state index in [0.717, 1.165) is 22.5 Å². The summed E-state index contributed by atoms with van der Waals surface area (Å²) in [5, 5.41) is 3.61. The summed E-state index contributed by atoms with van der Waals surface area (Å²) in [4.78, 5) is 9.37. The number of benzene rings is 1. The van der Waals surface area contributed by atoms with Crippen molar-refractivity contribution in [3.63, 3.8) is 0 Å². The second-order valence-corrected chi connectivity index (χ2v) is 5.48. The topological polar surface area (TPSA) is 37.8 Å². The van der Waals surface area contributed by atoms with Gasteiger partial charge in [0.25, 0.3) is 0 Å². The number of aryl methyl sites for hydroxylation is 1. The number of nitrogens with one attached hydrogen (secondary N) is 1. The van der Waals surface area contributed by atoms with Gasteiger partial charge in [-0.05, 0) is 31.9 Å². The Morgan fingerprint density at radius 2 is 1.58 bits per heavy atom. The third-order valence-corrected chi connectivity index (χ3v) is 3.94. The van der Waals surface area contributed by atoms with Crippen molar-refractivity contribution in [2.75, 3.05) is 5.32 Å². The fourth-order valence-electron chi connectivity index (χ4n) is 2.84. The first kappa shape index (κ1) is 12.4. The van der Waals surface area contributed by atoms with Gasteiger partial charge in [-0.15, -0.1) is 0 Å². The van der Waals surface area contributed by atoms with Gasteiger partial charge < -0.3 is 5.32 Å². The highest BCUT2D eigenvalue weighted by Gasteiger charge is 2.14. The smallest absolute Gasteiger partial charge is 0.148 e. The molecule has 1 N–H and O–H groups in total. The van der Waals surface area contributed by atoms with Crippen LogP contribution in [0.2, 0.25) is 0 Å². The minimum atomic E-state index is 0.566. The van der Waals surface area contributed by atoms with Gasteiger partial charge in [-0.1, -0.05) is 37.8 Å². The summed E-state index contributed by atoms with van der Waals surface area (Å²) in [5.41, 5.74) is 2.96. The molecule has 2 aromatic rings. The second kappa shape index (κ2) is 5.55. The van der Waals surface area contributed by atoms with Crippen LogP contribution < -0.4 is 5.32 Å². The molecule has 0 spiro atoms. The van der Waals surface area contributed by atoms with E-state index in [-0.39, 0.29) is 0 Å². The van der Waals surface area contributed by atoms with Crippen LogP contribution >= 0.6 is 0 Å². The predicted molar refractivity (Wildman–Crippen MR) is 79.4 cm³/mol. The number of hydrogen-bond donors (Lipinski definition) is 1. The number of para-hydroxylation sites is 2. The normalized spacial score (nSPS) is 17.3. The Hall–Kier alpha value is -1.64. The summed E-state index contributed by atoms with van der Waals surface area (Å²) >= 11 is 0. The van der Waals surface area contributed by atoms with Crippen LogP contribution in [0.3, 0.4) is 0 Å². The molecule has 3 nitrogen and oxygen atoms in total. The van der Waals surface area contributed by atoms with Gasteiger partial charge in [0, 0.05) is 6.04 Å². The van der Waals surface area contributed by atoms with Gasteiger partial charge >= 0.3 is 0 Å². The van der Waals surface area contributed by atoms with E-state index in [1.54, 1.807) is 0 Å². The minimum Gasteiger partial charge on any atom is -0.366 e. The first-order valence-electron chi connectivity index (χ1n) is 7.33. The van der Waals surface area contributed by atoms with Gasteiger partial charge in [-0.3, -0.25) is 0 Å². The number of anilines is 1. The predicted octanol–water partition coefficient (Wildman–Crippen LogP) is 4.07. The molecule has 0 amide bonds. The molecule has 1 aliphatic rings. The Kier molecular flexibility index (Phi) is 3.62. The summed E-state index contributed by atoms with van der Waals surface area (Å²) < 4.78 is 0. The van der Waals surface area contributed by atoms with E-state index >= 15 is 0 Å². The van der Waals surface area contributed by atoms with E-state index in [2.05, 4.69) is 10.3 Å². The maximum atomic E-state index is 4.73. The van der Waals surface area contributed by atoms with E-state index in [9.17, 15) is 0 Å². The summed E-state index contributed by atoms with van der Waals surface area (Å²) in [7, 11) is 0. The van der Waals surface area contributed by atoms with Crippen LogP contribution in [0.15, 0.2) is 24.3 Å². The molecule has 3 heteroatoms. The standard InChI is InChI=1S/C16H21N3/c1-12-16(18-13-8-4-2-3-5-9-13)19-15-11-7-6-10-14(15)17-12/h6-7,10-11,13H,2-5,8-9H2,1H3,(H,18,19). The van der Waals surface area contributed by atoms with E-state index in [1.807, 2.05) is 31.2 Å². The average molecular weight is 255 g/mol. The van der Waals surface area contributed by atoms with E-state index < -0.39 is 0 Å². The van der Waals surface area contributed by atoms with Crippen molar-refractivity contribution in [1.29, 1.82) is 0 Å². The molecule has 0 saturated heterocycles. The Labute approximate surface area is 114 Å². The number of fused-ring (bicyclic) bond motifs is 1. The fourth-order valence-corrected chi connectivity index (χ4v) is 2.84. The molecule has 0 unspecified atom stereocenters. The third kappa shape index (κ3) is 2.86. The number of hydrogen-bond acceptors (Lipinski definition) is 3. The molecule has 19 heavy (non-hydrogen) atoms. The maximum absolute atomic E-state index is 4.73. The van der Waals surface area contributed by atoms with Gasteiger partial charge in [-0.25, -0.2) is 9.97 Å². The quantitative estimate of drug-likeness (QED) is 0.822. The molecule has 0 atom stereocenters. The molecule has 3 rings (SSSR count). The number of nitrogens with zero attached hydrogens (tertiary/aromatic N) is 2. The molecular weight excluding hydrogens is 234 g/mol. The number of rotatable bonds is 2. The van der Waals surface area contributed by atoms with Gasteiger partial charge in [0.05, 0.1) is 16.7 Å². The van der Waals surface area contributed by atoms with Crippen LogP contribution in [0.25, 0.3) is 11.0 Å². The van der Waals surface area contributed by atoms with Crippen molar-refractivity contribution in [2.24, 2.45) is 0 Å². The highest BCUT2D eigenvalue weighted by molar-refractivity contribution is 5.76. The molecule has 1 aliphatic carbocycles. The average Bonchev–Trinajstić information content (AvgIpc) is 2.68. The van der Waals surface area contributed by atoms with Crippen molar-refractivity contribution in [3.8, 4) is 0 Å². The lowest BCUT2D eigenvalue weighted by atomic mass is 10.1. The molecule has 0 radical (unpaired) electrons. The molecule has 0 aliphatic heterocycles. The van der Waals surface area contributed by atoms with Gasteiger partial charge in [0.2, 0.25) is 0 Å². The van der Waals surface area contributed by atoms with Crippen molar-refractivity contribution >= 4 is 16.9 Å². The highest BCUT2D eigenvalue weighted by Crippen LogP contribution is 2.22. The molecule has 1 heterocycles. The Bertz CT molecular complexity index is 557. The Morgan fingerprint density at radius 1 is 0.947 bits per heavy atom. The summed E-state index contributed by atoms with van der Waals surface area (Å²) in [5.74, 6) is 0.964. The maximum Gasteiger partial charge on any atom is 0.148 e. The van der Waals surface area contributed by atoms with Crippen LogP contribution in [0.1, 0.15) is 44.2 Å². The molecule has 1 fully saturated rings. The largest absolute Gasteiger partial charge is 0.366 e. The molecule has 1 aromatic carbocycles. The van der Waals surface area contributed by atoms with E-state index in [4.69, 9.17) is 4.98 Å². The molecule has 1 saturated carbocycles. The first-order valence-corrected chi connectivity index (χ1v) is 7.33. The van der Waals surface area contributed by atoms with Gasteiger partial charge in [0.1, 0.15) is 5.82 Å². The van der Waals surface area contributed by atoms with Crippen LogP contribution in [0.5, 0.6) is 0 Å². The minimum absolute atomic E-state index is 0.566. The van der Waals surface area contributed by atoms with Crippen molar-refractivity contribution in [3.05, 3.63) is 30.0 Å². The SMILES string of the molecule is Cc1nc2ccccc2nc1NC1CCCCCC1. The zero-order chi connectivity index (χ0) is 13.1. The number of aromatic nitrogens is 2. The van der Waals surface area contributed by atoms with Crippen LogP contribution in [-0.2, 0) is 0 Å². The highest BCUT2D eigenvalue weighted by atomic mass is 15.0. The van der Waals surface area contributed by atoms with Gasteiger partial charge in [0.15, 0.2) is 0 Å². The fraction of sp³-hybridized carbons (Fsp3) is 0.500. The molecule has 0 bridgehead atoms. The summed E-state index contributed by atoms with van der Waals surface area (Å²) in [6.45, 7) is 2.04. The summed E-state index contributed by atoms with van der Waals surface area (Å²) in [6, 6.07) is 8.64. The first-order chi connectivity index (χ1) is 9.33. The van der Waals surface area contributed by atoms with Crippen molar-refractivity contribution in [2.45, 2.75) is 51.5 Å². The Balaban J connectivity index is 1.85. The van der Waals surface area contributed by atoms with Gasteiger partial charge in [-0.2, -0.15) is 0 Å². The lowest BCUT2D eigenvalue weighted by Gasteiger charge is -2.18. The third-order valence-electron chi connectivity index (χ3n) is 3.94. The van der Waals surface area contributed by atoms with Crippen LogP contribution in [-0.4, -0.2) is 16.0 Å². The van der Waals surface area contributed by atoms with Crippen molar-refractivity contribution in [1.82, 2.24) is 9.97 Å².